The Hall–Kier alpha value is -2.56. The van der Waals surface area contributed by atoms with Crippen molar-refractivity contribution in [2.24, 2.45) is 0 Å². The van der Waals surface area contributed by atoms with Crippen LogP contribution in [0.1, 0.15) is 16.1 Å². The Kier molecular flexibility index (Phi) is 4.20. The van der Waals surface area contributed by atoms with E-state index in [0.29, 0.717) is 12.2 Å². The molecule has 5 heteroatoms. The molecular formula is C15H17N3O2. The standard InChI is InChI=1S/C15H17N3O2/c1-18(10-11-5-7-12(20-2)8-6-11)15(19)14-13(16)4-3-9-17-14/h3-9H,10,16H2,1-2H3. The number of methoxy groups -OCH3 is 1. The zero-order valence-corrected chi connectivity index (χ0v) is 11.5. The lowest BCUT2D eigenvalue weighted by molar-refractivity contribution is 0.0780. The summed E-state index contributed by atoms with van der Waals surface area (Å²) in [6.45, 7) is 0.485. The predicted molar refractivity (Wildman–Crippen MR) is 77.4 cm³/mol. The summed E-state index contributed by atoms with van der Waals surface area (Å²) in [4.78, 5) is 17.9. The number of hydrogen-bond acceptors (Lipinski definition) is 4. The second-order valence-corrected chi connectivity index (χ2v) is 4.45. The number of carbonyl (C=O) groups is 1. The van der Waals surface area contributed by atoms with Crippen LogP contribution >= 0.6 is 0 Å². The van der Waals surface area contributed by atoms with Crippen molar-refractivity contribution in [1.82, 2.24) is 9.88 Å². The van der Waals surface area contributed by atoms with Crippen LogP contribution in [0.3, 0.4) is 0 Å². The average molecular weight is 271 g/mol. The Morgan fingerprint density at radius 3 is 2.60 bits per heavy atom. The van der Waals surface area contributed by atoms with Crippen molar-refractivity contribution >= 4 is 11.6 Å². The second-order valence-electron chi connectivity index (χ2n) is 4.45. The van der Waals surface area contributed by atoms with Crippen molar-refractivity contribution in [3.63, 3.8) is 0 Å². The molecule has 0 aliphatic heterocycles. The molecule has 0 bridgehead atoms. The van der Waals surface area contributed by atoms with Gasteiger partial charge in [0.2, 0.25) is 0 Å². The molecule has 0 aliphatic rings. The molecule has 1 amide bonds. The van der Waals surface area contributed by atoms with E-state index < -0.39 is 0 Å². The number of amides is 1. The molecule has 5 nitrogen and oxygen atoms in total. The largest absolute Gasteiger partial charge is 0.497 e. The first-order chi connectivity index (χ1) is 9.61. The van der Waals surface area contributed by atoms with Crippen LogP contribution in [0.25, 0.3) is 0 Å². The van der Waals surface area contributed by atoms with Crippen LogP contribution in [-0.4, -0.2) is 29.9 Å². The van der Waals surface area contributed by atoms with Gasteiger partial charge in [0, 0.05) is 19.8 Å². The number of nitrogen functional groups attached to an aromatic ring is 1. The third kappa shape index (κ3) is 3.06. The maximum Gasteiger partial charge on any atom is 0.274 e. The van der Waals surface area contributed by atoms with Crippen LogP contribution in [0.2, 0.25) is 0 Å². The van der Waals surface area contributed by atoms with E-state index in [1.807, 2.05) is 24.3 Å². The van der Waals surface area contributed by atoms with Crippen LogP contribution in [0.4, 0.5) is 5.69 Å². The maximum atomic E-state index is 12.3. The van der Waals surface area contributed by atoms with Gasteiger partial charge >= 0.3 is 0 Å². The Morgan fingerprint density at radius 2 is 2.00 bits per heavy atom. The lowest BCUT2D eigenvalue weighted by Gasteiger charge is -2.17. The lowest BCUT2D eigenvalue weighted by atomic mass is 10.2. The average Bonchev–Trinajstić information content (AvgIpc) is 2.48. The van der Waals surface area contributed by atoms with Crippen molar-refractivity contribution < 1.29 is 9.53 Å². The SMILES string of the molecule is COc1ccc(CN(C)C(=O)c2ncccc2N)cc1. The smallest absolute Gasteiger partial charge is 0.274 e. The van der Waals surface area contributed by atoms with Crippen molar-refractivity contribution in [3.8, 4) is 5.75 Å². The summed E-state index contributed by atoms with van der Waals surface area (Å²) < 4.78 is 5.10. The Balaban J connectivity index is 2.09. The van der Waals surface area contributed by atoms with Gasteiger partial charge in [0.15, 0.2) is 5.69 Å². The van der Waals surface area contributed by atoms with E-state index in [4.69, 9.17) is 10.5 Å². The van der Waals surface area contributed by atoms with Crippen LogP contribution < -0.4 is 10.5 Å². The molecule has 20 heavy (non-hydrogen) atoms. The number of rotatable bonds is 4. The quantitative estimate of drug-likeness (QED) is 0.922. The van der Waals surface area contributed by atoms with Crippen LogP contribution in [0, 0.1) is 0 Å². The number of benzene rings is 1. The predicted octanol–water partition coefficient (Wildman–Crippen LogP) is 1.94. The molecule has 0 radical (unpaired) electrons. The molecule has 2 aromatic rings. The van der Waals surface area contributed by atoms with Crippen molar-refractivity contribution in [2.45, 2.75) is 6.54 Å². The number of pyridine rings is 1. The first kappa shape index (κ1) is 13.9. The van der Waals surface area contributed by atoms with Gasteiger partial charge in [-0.05, 0) is 29.8 Å². The number of anilines is 1. The van der Waals surface area contributed by atoms with Gasteiger partial charge in [0.05, 0.1) is 12.8 Å². The summed E-state index contributed by atoms with van der Waals surface area (Å²) in [6, 6.07) is 10.9. The fourth-order valence-corrected chi connectivity index (χ4v) is 1.85. The fraction of sp³-hybridized carbons (Fsp3) is 0.200. The monoisotopic (exact) mass is 271 g/mol. The van der Waals surface area contributed by atoms with Crippen LogP contribution in [0.5, 0.6) is 5.75 Å². The third-order valence-corrected chi connectivity index (χ3v) is 2.97. The molecule has 0 fully saturated rings. The highest BCUT2D eigenvalue weighted by Gasteiger charge is 2.15. The van der Waals surface area contributed by atoms with E-state index in [1.165, 1.54) is 0 Å². The van der Waals surface area contributed by atoms with Crippen molar-refractivity contribution in [3.05, 3.63) is 53.9 Å². The molecule has 2 rings (SSSR count). The third-order valence-electron chi connectivity index (χ3n) is 2.97. The first-order valence-electron chi connectivity index (χ1n) is 6.20. The molecule has 1 aromatic heterocycles. The Labute approximate surface area is 118 Å². The molecule has 2 N–H and O–H groups in total. The number of nitrogens with two attached hydrogens (primary N) is 1. The van der Waals surface area contributed by atoms with Crippen molar-refractivity contribution in [1.29, 1.82) is 0 Å². The first-order valence-corrected chi connectivity index (χ1v) is 6.20. The molecule has 0 atom stereocenters. The normalized spacial score (nSPS) is 10.1. The Morgan fingerprint density at radius 1 is 1.30 bits per heavy atom. The summed E-state index contributed by atoms with van der Waals surface area (Å²) in [7, 11) is 3.34. The zero-order valence-electron chi connectivity index (χ0n) is 11.5. The Bertz CT molecular complexity index is 596. The highest BCUT2D eigenvalue weighted by Crippen LogP contribution is 2.15. The summed E-state index contributed by atoms with van der Waals surface area (Å²) in [5.74, 6) is 0.593. The van der Waals surface area contributed by atoms with Gasteiger partial charge in [0.25, 0.3) is 5.91 Å². The van der Waals surface area contributed by atoms with E-state index in [9.17, 15) is 4.79 Å². The number of ether oxygens (including phenoxy) is 1. The lowest BCUT2D eigenvalue weighted by Crippen LogP contribution is -2.27. The van der Waals surface area contributed by atoms with Gasteiger partial charge in [-0.25, -0.2) is 4.98 Å². The molecule has 0 saturated carbocycles. The molecule has 1 heterocycles. The maximum absolute atomic E-state index is 12.3. The molecule has 0 saturated heterocycles. The highest BCUT2D eigenvalue weighted by atomic mass is 16.5. The van der Waals surface area contributed by atoms with Gasteiger partial charge < -0.3 is 15.4 Å². The number of hydrogen-bond donors (Lipinski definition) is 1. The molecule has 0 aliphatic carbocycles. The minimum atomic E-state index is -0.195. The minimum Gasteiger partial charge on any atom is -0.497 e. The van der Waals surface area contributed by atoms with Crippen LogP contribution in [0.15, 0.2) is 42.6 Å². The van der Waals surface area contributed by atoms with E-state index >= 15 is 0 Å². The van der Waals surface area contributed by atoms with Gasteiger partial charge in [-0.2, -0.15) is 0 Å². The van der Waals surface area contributed by atoms with E-state index in [-0.39, 0.29) is 11.6 Å². The summed E-state index contributed by atoms with van der Waals surface area (Å²) in [5, 5.41) is 0. The van der Waals surface area contributed by atoms with E-state index in [1.54, 1.807) is 37.4 Å². The zero-order chi connectivity index (χ0) is 14.5. The number of carbonyl (C=O) groups excluding carboxylic acids is 1. The van der Waals surface area contributed by atoms with E-state index in [2.05, 4.69) is 4.98 Å². The molecule has 104 valence electrons. The fourth-order valence-electron chi connectivity index (χ4n) is 1.85. The van der Waals surface area contributed by atoms with Crippen LogP contribution in [-0.2, 0) is 6.54 Å². The highest BCUT2D eigenvalue weighted by molar-refractivity contribution is 5.96. The minimum absolute atomic E-state index is 0.195. The van der Waals surface area contributed by atoms with Gasteiger partial charge in [0.1, 0.15) is 5.75 Å². The number of aromatic nitrogens is 1. The molecule has 0 unspecified atom stereocenters. The summed E-state index contributed by atoms with van der Waals surface area (Å²) >= 11 is 0. The second kappa shape index (κ2) is 6.06. The summed E-state index contributed by atoms with van der Waals surface area (Å²) in [5.41, 5.74) is 7.44. The number of nitrogens with zero attached hydrogens (tertiary/aromatic N) is 2. The molecule has 0 spiro atoms. The van der Waals surface area contributed by atoms with Crippen molar-refractivity contribution in [2.75, 3.05) is 19.9 Å². The topological polar surface area (TPSA) is 68.5 Å². The van der Waals surface area contributed by atoms with Gasteiger partial charge in [-0.3, -0.25) is 4.79 Å². The molecule has 1 aromatic carbocycles. The van der Waals surface area contributed by atoms with E-state index in [0.717, 1.165) is 11.3 Å². The molecular weight excluding hydrogens is 254 g/mol. The van der Waals surface area contributed by atoms with Gasteiger partial charge in [-0.1, -0.05) is 12.1 Å². The summed E-state index contributed by atoms with van der Waals surface area (Å²) in [6.07, 6.45) is 1.56. The van der Waals surface area contributed by atoms with Gasteiger partial charge in [-0.15, -0.1) is 0 Å².